The first-order chi connectivity index (χ1) is 6.31. The lowest BCUT2D eigenvalue weighted by Gasteiger charge is -2.03. The summed E-state index contributed by atoms with van der Waals surface area (Å²) in [6, 6.07) is 13.1. The summed E-state index contributed by atoms with van der Waals surface area (Å²) in [6.45, 7) is 2.20. The predicted octanol–water partition coefficient (Wildman–Crippen LogP) is 4.01. The normalized spacial score (nSPS) is 10.6. The molecule has 0 aromatic heterocycles. The van der Waals surface area contributed by atoms with Gasteiger partial charge in [-0.15, -0.1) is 0 Å². The molecule has 2 aromatic carbocycles. The van der Waals surface area contributed by atoms with E-state index in [1.54, 1.807) is 0 Å². The number of hydrogen-bond donors (Lipinski definition) is 0. The van der Waals surface area contributed by atoms with E-state index < -0.39 is 0 Å². The molecule has 0 spiro atoms. The topological polar surface area (TPSA) is 0 Å². The molecule has 0 saturated heterocycles. The smallest absolute Gasteiger partial charge is 0.0168 e. The number of benzene rings is 2. The van der Waals surface area contributed by atoms with Crippen LogP contribution in [-0.2, 0) is 6.42 Å². The van der Waals surface area contributed by atoms with Crippen molar-refractivity contribution in [2.75, 3.05) is 0 Å². The molecule has 2 rings (SSSR count). The third-order valence-electron chi connectivity index (χ3n) is 2.30. The average Bonchev–Trinajstić information content (AvgIpc) is 2.17. The molecule has 0 nitrogen and oxygen atoms in total. The van der Waals surface area contributed by atoms with Crippen LogP contribution in [0.5, 0.6) is 0 Å². The highest BCUT2D eigenvalue weighted by Crippen LogP contribution is 2.21. The van der Waals surface area contributed by atoms with E-state index >= 15 is 0 Å². The van der Waals surface area contributed by atoms with Crippen LogP contribution in [-0.4, -0.2) is 0 Å². The van der Waals surface area contributed by atoms with Crippen molar-refractivity contribution in [1.29, 1.82) is 0 Å². The summed E-state index contributed by atoms with van der Waals surface area (Å²) in [6.07, 6.45) is 1.11. The summed E-state index contributed by atoms with van der Waals surface area (Å²) in [5.41, 5.74) is 1.44. The molecule has 0 N–H and O–H groups in total. The summed E-state index contributed by atoms with van der Waals surface area (Å²) in [5.74, 6) is 0. The average molecular weight is 282 g/mol. The third-order valence-corrected chi connectivity index (χ3v) is 3.30. The van der Waals surface area contributed by atoms with Crippen LogP contribution >= 0.6 is 22.6 Å². The fraction of sp³-hybridized carbons (Fsp3) is 0.167. The monoisotopic (exact) mass is 282 g/mol. The highest BCUT2D eigenvalue weighted by Gasteiger charge is 1.99. The molecule has 0 aliphatic carbocycles. The molecule has 0 bridgehead atoms. The number of hydrogen-bond acceptors (Lipinski definition) is 0. The second-order valence-electron chi connectivity index (χ2n) is 3.14. The molecule has 0 heterocycles. The molecule has 13 heavy (non-hydrogen) atoms. The molecular formula is C12H11I. The van der Waals surface area contributed by atoms with E-state index in [2.05, 4.69) is 65.9 Å². The van der Waals surface area contributed by atoms with Gasteiger partial charge in [0.15, 0.2) is 0 Å². The van der Waals surface area contributed by atoms with Gasteiger partial charge in [0.25, 0.3) is 0 Å². The van der Waals surface area contributed by atoms with Crippen LogP contribution in [0.1, 0.15) is 12.5 Å². The summed E-state index contributed by atoms with van der Waals surface area (Å²) in [5, 5.41) is 2.68. The molecule has 2 aromatic rings. The minimum Gasteiger partial charge on any atom is -0.0616 e. The lowest BCUT2D eigenvalue weighted by molar-refractivity contribution is 1.13. The molecule has 1 heteroatoms. The molecule has 0 aliphatic heterocycles. The molecule has 0 fully saturated rings. The Hall–Kier alpha value is -0.570. The minimum atomic E-state index is 1.11. The number of rotatable bonds is 1. The van der Waals surface area contributed by atoms with E-state index in [-0.39, 0.29) is 0 Å². The van der Waals surface area contributed by atoms with E-state index in [0.717, 1.165) is 6.42 Å². The highest BCUT2D eigenvalue weighted by molar-refractivity contribution is 14.1. The standard InChI is InChI=1S/C12H11I/c1-2-9-7-10-5-3-4-6-11(10)8-12(9)13/h3-8H,2H2,1H3. The Balaban J connectivity index is 2.74. The van der Waals surface area contributed by atoms with Crippen molar-refractivity contribution in [3.8, 4) is 0 Å². The van der Waals surface area contributed by atoms with Gasteiger partial charge in [0, 0.05) is 3.57 Å². The summed E-state index contributed by atoms with van der Waals surface area (Å²) < 4.78 is 1.37. The van der Waals surface area contributed by atoms with Crippen LogP contribution in [0.4, 0.5) is 0 Å². The molecule has 0 atom stereocenters. The van der Waals surface area contributed by atoms with E-state index in [9.17, 15) is 0 Å². The van der Waals surface area contributed by atoms with Gasteiger partial charge in [0.05, 0.1) is 0 Å². The van der Waals surface area contributed by atoms with Crippen LogP contribution < -0.4 is 0 Å². The van der Waals surface area contributed by atoms with Crippen molar-refractivity contribution >= 4 is 33.4 Å². The SMILES string of the molecule is CCc1cc2ccccc2cc1I. The number of aryl methyl sites for hydroxylation is 1. The zero-order valence-corrected chi connectivity index (χ0v) is 9.71. The summed E-state index contributed by atoms with van der Waals surface area (Å²) in [7, 11) is 0. The Morgan fingerprint density at radius 1 is 1.08 bits per heavy atom. The van der Waals surface area contributed by atoms with Gasteiger partial charge in [-0.1, -0.05) is 37.3 Å². The zero-order valence-electron chi connectivity index (χ0n) is 7.55. The van der Waals surface area contributed by atoms with Crippen LogP contribution in [0.15, 0.2) is 36.4 Å². The van der Waals surface area contributed by atoms with Crippen LogP contribution in [0.3, 0.4) is 0 Å². The predicted molar refractivity (Wildman–Crippen MR) is 66.0 cm³/mol. The van der Waals surface area contributed by atoms with Gasteiger partial charge in [0.1, 0.15) is 0 Å². The maximum Gasteiger partial charge on any atom is 0.0168 e. The largest absolute Gasteiger partial charge is 0.0616 e. The second kappa shape index (κ2) is 3.66. The fourth-order valence-corrected chi connectivity index (χ4v) is 2.40. The molecule has 0 radical (unpaired) electrons. The Kier molecular flexibility index (Phi) is 2.54. The van der Waals surface area contributed by atoms with E-state index in [1.165, 1.54) is 19.9 Å². The van der Waals surface area contributed by atoms with Crippen LogP contribution in [0.25, 0.3) is 10.8 Å². The maximum atomic E-state index is 2.41. The lowest BCUT2D eigenvalue weighted by atomic mass is 10.1. The lowest BCUT2D eigenvalue weighted by Crippen LogP contribution is -1.85. The fourth-order valence-electron chi connectivity index (χ4n) is 1.53. The highest BCUT2D eigenvalue weighted by atomic mass is 127. The molecule has 0 amide bonds. The van der Waals surface area contributed by atoms with Gasteiger partial charge in [0.2, 0.25) is 0 Å². The summed E-state index contributed by atoms with van der Waals surface area (Å²) in [4.78, 5) is 0. The van der Waals surface area contributed by atoms with E-state index in [4.69, 9.17) is 0 Å². The first-order valence-corrected chi connectivity index (χ1v) is 5.56. The van der Waals surface area contributed by atoms with Crippen molar-refractivity contribution < 1.29 is 0 Å². The molecule has 66 valence electrons. The van der Waals surface area contributed by atoms with Gasteiger partial charge in [-0.3, -0.25) is 0 Å². The maximum absolute atomic E-state index is 2.41. The van der Waals surface area contributed by atoms with Crippen LogP contribution in [0.2, 0.25) is 0 Å². The van der Waals surface area contributed by atoms with Gasteiger partial charge < -0.3 is 0 Å². The van der Waals surface area contributed by atoms with Crippen molar-refractivity contribution in [1.82, 2.24) is 0 Å². The van der Waals surface area contributed by atoms with Gasteiger partial charge in [-0.2, -0.15) is 0 Å². The van der Waals surface area contributed by atoms with Crippen LogP contribution in [0, 0.1) is 3.57 Å². The van der Waals surface area contributed by atoms with Gasteiger partial charge >= 0.3 is 0 Å². The van der Waals surface area contributed by atoms with Crippen molar-refractivity contribution in [3.05, 3.63) is 45.5 Å². The van der Waals surface area contributed by atoms with Crippen molar-refractivity contribution in [2.45, 2.75) is 13.3 Å². The Bertz CT molecular complexity index is 432. The van der Waals surface area contributed by atoms with Gasteiger partial charge in [-0.25, -0.2) is 0 Å². The minimum absolute atomic E-state index is 1.11. The quantitative estimate of drug-likeness (QED) is 0.693. The zero-order chi connectivity index (χ0) is 9.26. The molecule has 0 unspecified atom stereocenters. The first-order valence-electron chi connectivity index (χ1n) is 4.48. The Morgan fingerprint density at radius 2 is 1.69 bits per heavy atom. The number of fused-ring (bicyclic) bond motifs is 1. The van der Waals surface area contributed by atoms with Crippen molar-refractivity contribution in [2.24, 2.45) is 0 Å². The molecular weight excluding hydrogens is 271 g/mol. The second-order valence-corrected chi connectivity index (χ2v) is 4.31. The Morgan fingerprint density at radius 3 is 2.31 bits per heavy atom. The molecule has 0 saturated carbocycles. The third kappa shape index (κ3) is 1.70. The van der Waals surface area contributed by atoms with E-state index in [0.29, 0.717) is 0 Å². The molecule has 0 aliphatic rings. The Labute approximate surface area is 92.1 Å². The van der Waals surface area contributed by atoms with E-state index in [1.807, 2.05) is 0 Å². The van der Waals surface area contributed by atoms with Gasteiger partial charge in [-0.05, 0) is 51.4 Å². The van der Waals surface area contributed by atoms with Crippen molar-refractivity contribution in [3.63, 3.8) is 0 Å². The summed E-state index contributed by atoms with van der Waals surface area (Å²) >= 11 is 2.41. The first kappa shape index (κ1) is 9.00. The number of halogens is 1.